The maximum Gasteiger partial charge on any atom is 0.323 e. The van der Waals surface area contributed by atoms with E-state index in [0.717, 1.165) is 0 Å². The summed E-state index contributed by atoms with van der Waals surface area (Å²) < 4.78 is 15.4. The van der Waals surface area contributed by atoms with Gasteiger partial charge in [-0.3, -0.25) is 5.32 Å². The fraction of sp³-hybridized carbons (Fsp3) is 0.750. The largest absolute Gasteiger partial charge is 0.372 e. The first-order valence-electron chi connectivity index (χ1n) is 6.31. The highest BCUT2D eigenvalue weighted by atomic mass is 32.1. The van der Waals surface area contributed by atoms with Gasteiger partial charge < -0.3 is 19.1 Å². The standard InChI is InChI=1S/C12H22N4O4S/c1-12(2,20-6)9-14-15-10(21-9)13-11(17)16(3)7-8(18-4)19-5/h8H,7H2,1-6H3,(H,13,15,17). The molecule has 0 saturated heterocycles. The molecule has 1 rings (SSSR count). The highest BCUT2D eigenvalue weighted by Crippen LogP contribution is 2.28. The second-order valence-corrected chi connectivity index (χ2v) is 5.82. The third kappa shape index (κ3) is 4.88. The van der Waals surface area contributed by atoms with Crippen LogP contribution >= 0.6 is 11.3 Å². The van der Waals surface area contributed by atoms with Gasteiger partial charge in [-0.1, -0.05) is 11.3 Å². The van der Waals surface area contributed by atoms with E-state index in [0.29, 0.717) is 16.7 Å². The summed E-state index contributed by atoms with van der Waals surface area (Å²) in [7, 11) is 6.28. The van der Waals surface area contributed by atoms with E-state index in [9.17, 15) is 4.79 Å². The average molecular weight is 318 g/mol. The second kappa shape index (κ2) is 7.64. The molecule has 1 aromatic heterocycles. The van der Waals surface area contributed by atoms with Gasteiger partial charge in [-0.15, -0.1) is 10.2 Å². The fourth-order valence-electron chi connectivity index (χ4n) is 1.34. The summed E-state index contributed by atoms with van der Waals surface area (Å²) in [4.78, 5) is 13.5. The molecule has 0 radical (unpaired) electrons. The van der Waals surface area contributed by atoms with Gasteiger partial charge in [-0.2, -0.15) is 0 Å². The van der Waals surface area contributed by atoms with Crippen molar-refractivity contribution in [2.75, 3.05) is 40.2 Å². The molecule has 1 aromatic rings. The molecule has 1 N–H and O–H groups in total. The minimum atomic E-state index is -0.538. The number of methoxy groups -OCH3 is 3. The van der Waals surface area contributed by atoms with Crippen molar-refractivity contribution >= 4 is 22.5 Å². The number of ether oxygens (including phenoxy) is 3. The number of amides is 2. The predicted molar refractivity (Wildman–Crippen MR) is 79.4 cm³/mol. The molecule has 120 valence electrons. The summed E-state index contributed by atoms with van der Waals surface area (Å²) in [6.07, 6.45) is -0.474. The number of hydrogen-bond acceptors (Lipinski definition) is 7. The van der Waals surface area contributed by atoms with Gasteiger partial charge in [-0.25, -0.2) is 4.79 Å². The van der Waals surface area contributed by atoms with Gasteiger partial charge >= 0.3 is 6.03 Å². The summed E-state index contributed by atoms with van der Waals surface area (Å²) in [5, 5.41) is 11.7. The Labute approximate surface area is 128 Å². The monoisotopic (exact) mass is 318 g/mol. The topological polar surface area (TPSA) is 85.8 Å². The van der Waals surface area contributed by atoms with E-state index in [4.69, 9.17) is 14.2 Å². The zero-order chi connectivity index (χ0) is 16.0. The lowest BCUT2D eigenvalue weighted by atomic mass is 10.1. The van der Waals surface area contributed by atoms with Crippen LogP contribution in [0.3, 0.4) is 0 Å². The van der Waals surface area contributed by atoms with E-state index in [1.165, 1.54) is 30.5 Å². The Bertz CT molecular complexity index is 462. The molecule has 0 atom stereocenters. The van der Waals surface area contributed by atoms with Crippen molar-refractivity contribution in [1.29, 1.82) is 0 Å². The van der Waals surface area contributed by atoms with Crippen LogP contribution in [-0.4, -0.2) is 62.3 Å². The van der Waals surface area contributed by atoms with Gasteiger partial charge in [0.1, 0.15) is 5.60 Å². The Kier molecular flexibility index (Phi) is 6.46. The number of urea groups is 1. The highest BCUT2D eigenvalue weighted by Gasteiger charge is 2.25. The van der Waals surface area contributed by atoms with E-state index in [1.54, 1.807) is 14.2 Å². The summed E-state index contributed by atoms with van der Waals surface area (Å²) in [6.45, 7) is 4.06. The summed E-state index contributed by atoms with van der Waals surface area (Å²) in [5.41, 5.74) is -0.538. The van der Waals surface area contributed by atoms with Crippen LogP contribution in [0.25, 0.3) is 0 Å². The molecule has 0 unspecified atom stereocenters. The van der Waals surface area contributed by atoms with Crippen molar-refractivity contribution in [3.05, 3.63) is 5.01 Å². The molecule has 0 fully saturated rings. The number of anilines is 1. The van der Waals surface area contributed by atoms with Crippen molar-refractivity contribution in [3.8, 4) is 0 Å². The van der Waals surface area contributed by atoms with Gasteiger partial charge in [0.05, 0.1) is 6.54 Å². The van der Waals surface area contributed by atoms with Gasteiger partial charge in [0.25, 0.3) is 0 Å². The van der Waals surface area contributed by atoms with E-state index in [-0.39, 0.29) is 6.03 Å². The lowest BCUT2D eigenvalue weighted by Crippen LogP contribution is -2.38. The molecule has 0 aromatic carbocycles. The van der Waals surface area contributed by atoms with Gasteiger partial charge in [0.15, 0.2) is 11.3 Å². The Morgan fingerprint density at radius 1 is 1.33 bits per heavy atom. The van der Waals surface area contributed by atoms with Crippen LogP contribution in [0.5, 0.6) is 0 Å². The number of rotatable bonds is 7. The first-order chi connectivity index (χ1) is 9.83. The summed E-state index contributed by atoms with van der Waals surface area (Å²) in [6, 6.07) is -0.313. The lowest BCUT2D eigenvalue weighted by molar-refractivity contribution is -0.108. The zero-order valence-corrected chi connectivity index (χ0v) is 14.0. The highest BCUT2D eigenvalue weighted by molar-refractivity contribution is 7.15. The van der Waals surface area contributed by atoms with Crippen LogP contribution in [0.1, 0.15) is 18.9 Å². The summed E-state index contributed by atoms with van der Waals surface area (Å²) >= 11 is 1.27. The number of hydrogen-bond donors (Lipinski definition) is 1. The van der Waals surface area contributed by atoms with Crippen LogP contribution in [0.15, 0.2) is 0 Å². The third-order valence-electron chi connectivity index (χ3n) is 2.96. The average Bonchev–Trinajstić information content (AvgIpc) is 2.93. The van der Waals surface area contributed by atoms with E-state index in [2.05, 4.69) is 15.5 Å². The maximum atomic E-state index is 12.0. The van der Waals surface area contributed by atoms with Gasteiger partial charge in [0.2, 0.25) is 5.13 Å². The zero-order valence-electron chi connectivity index (χ0n) is 13.2. The smallest absolute Gasteiger partial charge is 0.323 e. The molecule has 0 aliphatic carbocycles. The van der Waals surface area contributed by atoms with Crippen molar-refractivity contribution in [3.63, 3.8) is 0 Å². The Balaban J connectivity index is 2.63. The first-order valence-corrected chi connectivity index (χ1v) is 7.12. The SMILES string of the molecule is COC(CN(C)C(=O)Nc1nnc(C(C)(C)OC)s1)OC. The van der Waals surface area contributed by atoms with Gasteiger partial charge in [0, 0.05) is 28.4 Å². The van der Waals surface area contributed by atoms with Crippen LogP contribution in [-0.2, 0) is 19.8 Å². The molecule has 21 heavy (non-hydrogen) atoms. The second-order valence-electron chi connectivity index (χ2n) is 4.84. The summed E-state index contributed by atoms with van der Waals surface area (Å²) in [5.74, 6) is 0. The van der Waals surface area contributed by atoms with Crippen molar-refractivity contribution < 1.29 is 19.0 Å². The lowest BCUT2D eigenvalue weighted by Gasteiger charge is -2.21. The number of carbonyl (C=O) groups is 1. The quantitative estimate of drug-likeness (QED) is 0.767. The molecule has 9 heteroatoms. The van der Waals surface area contributed by atoms with Crippen molar-refractivity contribution in [1.82, 2.24) is 15.1 Å². The van der Waals surface area contributed by atoms with E-state index < -0.39 is 11.9 Å². The molecule has 0 bridgehead atoms. The number of carbonyl (C=O) groups excluding carboxylic acids is 1. The molecule has 2 amide bonds. The Morgan fingerprint density at radius 3 is 2.48 bits per heavy atom. The Hall–Kier alpha value is -1.29. The molecule has 0 spiro atoms. The van der Waals surface area contributed by atoms with Crippen molar-refractivity contribution in [2.45, 2.75) is 25.7 Å². The van der Waals surface area contributed by atoms with Crippen molar-refractivity contribution in [2.24, 2.45) is 0 Å². The molecule has 0 aliphatic heterocycles. The number of nitrogens with zero attached hydrogens (tertiary/aromatic N) is 3. The molecular weight excluding hydrogens is 296 g/mol. The Morgan fingerprint density at radius 2 is 1.95 bits per heavy atom. The number of likely N-dealkylation sites (N-methyl/N-ethyl adjacent to an activating group) is 1. The predicted octanol–water partition coefficient (Wildman–Crippen LogP) is 1.50. The molecule has 0 aliphatic rings. The van der Waals surface area contributed by atoms with E-state index in [1.807, 2.05) is 13.8 Å². The fourth-order valence-corrected chi connectivity index (χ4v) is 2.16. The third-order valence-corrected chi connectivity index (χ3v) is 4.10. The number of aromatic nitrogens is 2. The van der Waals surface area contributed by atoms with Gasteiger partial charge in [-0.05, 0) is 13.8 Å². The normalized spacial score (nSPS) is 11.8. The van der Waals surface area contributed by atoms with E-state index >= 15 is 0 Å². The molecule has 8 nitrogen and oxygen atoms in total. The molecule has 1 heterocycles. The molecular formula is C12H22N4O4S. The minimum absolute atomic E-state index is 0.300. The van der Waals surface area contributed by atoms with Crippen LogP contribution in [0.2, 0.25) is 0 Å². The number of nitrogens with one attached hydrogen (secondary N) is 1. The minimum Gasteiger partial charge on any atom is -0.372 e. The molecule has 0 saturated carbocycles. The first kappa shape index (κ1) is 17.8. The van der Waals surface area contributed by atoms with Crippen LogP contribution in [0, 0.1) is 0 Å². The van der Waals surface area contributed by atoms with Crippen LogP contribution in [0.4, 0.5) is 9.93 Å². The maximum absolute atomic E-state index is 12.0. The van der Waals surface area contributed by atoms with Crippen LogP contribution < -0.4 is 5.32 Å².